The van der Waals surface area contributed by atoms with Gasteiger partial charge in [-0.25, -0.2) is 0 Å². The molecule has 0 aliphatic heterocycles. The SMILES string of the molecule is CCN=C(C)SC(CCCO)NCC(N)C[C@H](C)/C(=C/[C@@H](C)[I-]C)CC(F)(F)F. The fourth-order valence-corrected chi connectivity index (χ4v) is 4.80. The van der Waals surface area contributed by atoms with E-state index in [2.05, 4.69) is 15.2 Å². The first-order chi connectivity index (χ1) is 13.5. The molecule has 0 amide bonds. The number of aliphatic hydroxyl groups is 1. The van der Waals surface area contributed by atoms with Crippen molar-refractivity contribution < 1.29 is 39.5 Å². The van der Waals surface area contributed by atoms with Crippen molar-refractivity contribution >= 4 is 16.8 Å². The molecule has 0 bridgehead atoms. The summed E-state index contributed by atoms with van der Waals surface area (Å²) in [6.07, 6.45) is -1.29. The van der Waals surface area contributed by atoms with Gasteiger partial charge in [0.1, 0.15) is 0 Å². The second-order valence-corrected chi connectivity index (χ2v) is 11.8. The third kappa shape index (κ3) is 15.6. The van der Waals surface area contributed by atoms with Crippen molar-refractivity contribution in [3.63, 3.8) is 0 Å². The zero-order chi connectivity index (χ0) is 22.4. The van der Waals surface area contributed by atoms with Gasteiger partial charge >= 0.3 is 171 Å². The zero-order valence-electron chi connectivity index (χ0n) is 18.2. The Morgan fingerprint density at radius 3 is 2.52 bits per heavy atom. The minimum atomic E-state index is -4.20. The predicted octanol–water partition coefficient (Wildman–Crippen LogP) is 1.19. The van der Waals surface area contributed by atoms with Gasteiger partial charge in [0.2, 0.25) is 0 Å². The summed E-state index contributed by atoms with van der Waals surface area (Å²) >= 11 is 1.48. The summed E-state index contributed by atoms with van der Waals surface area (Å²) in [5, 5.41) is 13.6. The van der Waals surface area contributed by atoms with Crippen molar-refractivity contribution in [1.82, 2.24) is 5.32 Å². The quantitative estimate of drug-likeness (QED) is 0.0757. The molecule has 0 aromatic carbocycles. The van der Waals surface area contributed by atoms with Gasteiger partial charge in [-0.1, -0.05) is 0 Å². The van der Waals surface area contributed by atoms with Crippen LogP contribution in [-0.2, 0) is 0 Å². The Labute approximate surface area is 189 Å². The van der Waals surface area contributed by atoms with Crippen LogP contribution in [0.15, 0.2) is 16.6 Å². The van der Waals surface area contributed by atoms with E-state index in [0.717, 1.165) is 18.0 Å². The molecule has 0 saturated heterocycles. The molecule has 9 heteroatoms. The standard InChI is InChI=1S/C20H38F3IN3OS/c1-6-26-16(4)29-19(8-7-9-28)27-13-18(25)10-14(2)17(11-15(3)24-5)12-20(21,22)23/h11,14-15,18-19,27-28H,6-10,12-13,25H2,1-5H3/q-1/b17-11+,26-16?/t14-,15+,18?,19?/m0/s1. The number of aliphatic hydroxyl groups excluding tert-OH is 1. The fraction of sp³-hybridized carbons (Fsp3) is 0.850. The van der Waals surface area contributed by atoms with Crippen LogP contribution >= 0.6 is 11.8 Å². The normalized spacial score (nSPS) is 18.0. The third-order valence-electron chi connectivity index (χ3n) is 4.41. The first kappa shape index (κ1) is 29.2. The monoisotopic (exact) mass is 552 g/mol. The number of thioether (sulfide) groups is 1. The number of nitrogens with two attached hydrogens (primary N) is 1. The molecule has 0 radical (unpaired) electrons. The molecule has 0 aliphatic carbocycles. The van der Waals surface area contributed by atoms with Gasteiger partial charge in [-0.05, 0) is 6.92 Å². The number of hydrogen-bond acceptors (Lipinski definition) is 5. The molecule has 4 N–H and O–H groups in total. The van der Waals surface area contributed by atoms with Crippen molar-refractivity contribution in [3.8, 4) is 0 Å². The van der Waals surface area contributed by atoms with Crippen molar-refractivity contribution in [1.29, 1.82) is 0 Å². The van der Waals surface area contributed by atoms with Crippen LogP contribution in [0.25, 0.3) is 0 Å². The van der Waals surface area contributed by atoms with Gasteiger partial charge in [-0.2, -0.15) is 0 Å². The van der Waals surface area contributed by atoms with Crippen molar-refractivity contribution in [3.05, 3.63) is 11.6 Å². The molecule has 174 valence electrons. The molecule has 0 aromatic heterocycles. The fourth-order valence-electron chi connectivity index (χ4n) is 2.90. The summed E-state index contributed by atoms with van der Waals surface area (Å²) in [6, 6.07) is -0.242. The van der Waals surface area contributed by atoms with E-state index in [0.29, 0.717) is 25.0 Å². The van der Waals surface area contributed by atoms with Crippen LogP contribution in [0.4, 0.5) is 13.2 Å². The van der Waals surface area contributed by atoms with Gasteiger partial charge in [0.25, 0.3) is 0 Å². The van der Waals surface area contributed by atoms with Gasteiger partial charge < -0.3 is 5.11 Å². The van der Waals surface area contributed by atoms with Gasteiger partial charge in [0, 0.05) is 6.54 Å². The molecular formula is C20H38F3IN3OS-. The summed E-state index contributed by atoms with van der Waals surface area (Å²) in [7, 11) is 0. The average Bonchev–Trinajstić information content (AvgIpc) is 2.62. The third-order valence-corrected chi connectivity index (χ3v) is 7.89. The second kappa shape index (κ2) is 15.9. The second-order valence-electron chi connectivity index (χ2n) is 7.20. The molecule has 0 fully saturated rings. The minimum absolute atomic E-state index is 0.0776. The van der Waals surface area contributed by atoms with Gasteiger partial charge in [-0.3, -0.25) is 0 Å². The Morgan fingerprint density at radius 2 is 2.00 bits per heavy atom. The molecule has 2 unspecified atom stereocenters. The van der Waals surface area contributed by atoms with E-state index in [4.69, 9.17) is 10.8 Å². The first-order valence-corrected chi connectivity index (χ1v) is 14.3. The molecule has 0 aromatic rings. The van der Waals surface area contributed by atoms with Crippen molar-refractivity contribution in [2.45, 2.75) is 74.9 Å². The van der Waals surface area contributed by atoms with Gasteiger partial charge in [0.15, 0.2) is 0 Å². The molecule has 0 spiro atoms. The molecule has 0 rings (SSSR count). The van der Waals surface area contributed by atoms with Crippen LogP contribution in [0.3, 0.4) is 0 Å². The van der Waals surface area contributed by atoms with Crippen LogP contribution in [-0.4, -0.2) is 56.3 Å². The van der Waals surface area contributed by atoms with E-state index in [1.54, 1.807) is 11.8 Å². The summed E-state index contributed by atoms with van der Waals surface area (Å²) in [6.45, 7) is 9.11. The van der Waals surface area contributed by atoms with Crippen LogP contribution in [0, 0.1) is 5.92 Å². The molecule has 4 nitrogen and oxygen atoms in total. The van der Waals surface area contributed by atoms with Crippen molar-refractivity contribution in [2.24, 2.45) is 16.6 Å². The van der Waals surface area contributed by atoms with Crippen LogP contribution in [0.1, 0.15) is 53.4 Å². The maximum absolute atomic E-state index is 13.0. The Kier molecular flexibility index (Phi) is 16.0. The Balaban J connectivity index is 4.87. The van der Waals surface area contributed by atoms with E-state index in [9.17, 15) is 13.2 Å². The summed E-state index contributed by atoms with van der Waals surface area (Å²) in [5.74, 6) is -0.210. The number of nitrogens with one attached hydrogen (secondary N) is 1. The first-order valence-electron chi connectivity index (χ1n) is 10.0. The molecular weight excluding hydrogens is 514 g/mol. The summed E-state index contributed by atoms with van der Waals surface area (Å²) in [4.78, 5) is 6.46. The van der Waals surface area contributed by atoms with Gasteiger partial charge in [0.05, 0.1) is 0 Å². The van der Waals surface area contributed by atoms with Crippen LogP contribution in [0.2, 0.25) is 0 Å². The number of alkyl halides is 5. The molecule has 4 atom stereocenters. The van der Waals surface area contributed by atoms with E-state index < -0.39 is 12.6 Å². The average molecular weight is 553 g/mol. The topological polar surface area (TPSA) is 70.6 Å². The van der Waals surface area contributed by atoms with E-state index >= 15 is 0 Å². The molecule has 0 heterocycles. The summed E-state index contributed by atoms with van der Waals surface area (Å²) < 4.78 is 39.2. The summed E-state index contributed by atoms with van der Waals surface area (Å²) in [5.41, 5.74) is 6.71. The number of halogens is 4. The number of allylic oxidation sites excluding steroid dienone is 2. The Hall–Kier alpha value is 0.160. The Bertz CT molecular complexity index is 504. The number of rotatable bonds is 14. The molecule has 0 aliphatic rings. The molecule has 0 saturated carbocycles. The van der Waals surface area contributed by atoms with Gasteiger partial charge in [-0.15, -0.1) is 0 Å². The Morgan fingerprint density at radius 1 is 1.34 bits per heavy atom. The van der Waals surface area contributed by atoms with Crippen LogP contribution in [0.5, 0.6) is 0 Å². The van der Waals surface area contributed by atoms with Crippen LogP contribution < -0.4 is 32.3 Å². The number of hydrogen-bond donors (Lipinski definition) is 3. The van der Waals surface area contributed by atoms with E-state index in [-0.39, 0.29) is 49.1 Å². The zero-order valence-corrected chi connectivity index (χ0v) is 21.2. The van der Waals surface area contributed by atoms with E-state index in [1.807, 2.05) is 33.8 Å². The van der Waals surface area contributed by atoms with Crippen molar-refractivity contribution in [2.75, 3.05) is 24.6 Å². The van der Waals surface area contributed by atoms with E-state index in [1.165, 1.54) is 0 Å². The predicted molar refractivity (Wildman–Crippen MR) is 115 cm³/mol. The number of nitrogens with zero attached hydrogens (tertiary/aromatic N) is 1. The number of aliphatic imine (C=N–C) groups is 1. The maximum atomic E-state index is 13.0. The molecule has 29 heavy (non-hydrogen) atoms.